The molecule has 0 aliphatic rings. The van der Waals surface area contributed by atoms with Gasteiger partial charge in [-0.25, -0.2) is 4.68 Å². The zero-order valence-corrected chi connectivity index (χ0v) is 13.3. The molecule has 0 spiro atoms. The number of hydrogen-bond acceptors (Lipinski definition) is 2. The summed E-state index contributed by atoms with van der Waals surface area (Å²) in [4.78, 5) is 11.4. The molecule has 1 heterocycles. The number of rotatable bonds is 1. The predicted octanol–water partition coefficient (Wildman–Crippen LogP) is 4.02. The van der Waals surface area contributed by atoms with Crippen molar-refractivity contribution >= 4 is 10.8 Å². The molecule has 120 valence electrons. The smallest absolute Gasteiger partial charge is 0.271 e. The van der Waals surface area contributed by atoms with Gasteiger partial charge in [0.05, 0.1) is 5.69 Å². The van der Waals surface area contributed by atoms with Gasteiger partial charge in [0.15, 0.2) is 0 Å². The first-order chi connectivity index (χ1) is 11.6. The topological polar surface area (TPSA) is 58.0 Å². The number of nitrogens with one attached hydrogen (secondary N) is 1. The second kappa shape index (κ2) is 6.87. The Morgan fingerprint density at radius 1 is 0.875 bits per heavy atom. The third-order valence-electron chi connectivity index (χ3n) is 3.63. The van der Waals surface area contributed by atoms with Crippen molar-refractivity contribution in [1.82, 2.24) is 9.78 Å². The minimum absolute atomic E-state index is 0.0244. The van der Waals surface area contributed by atoms with Gasteiger partial charge in [-0.3, -0.25) is 9.89 Å². The SMILES string of the molecule is Cc1cc(=O)n(-c2ccccc2)[nH]1.Oc1cccc2ccccc12. The number of aromatic hydroxyl groups is 1. The van der Waals surface area contributed by atoms with Crippen LogP contribution in [0.3, 0.4) is 0 Å². The predicted molar refractivity (Wildman–Crippen MR) is 96.7 cm³/mol. The van der Waals surface area contributed by atoms with Crippen molar-refractivity contribution in [3.63, 3.8) is 0 Å². The van der Waals surface area contributed by atoms with E-state index in [9.17, 15) is 9.90 Å². The molecule has 0 saturated heterocycles. The van der Waals surface area contributed by atoms with Gasteiger partial charge < -0.3 is 5.11 Å². The molecule has 0 aliphatic carbocycles. The summed E-state index contributed by atoms with van der Waals surface area (Å²) in [7, 11) is 0. The van der Waals surface area contributed by atoms with Crippen LogP contribution in [0.5, 0.6) is 5.75 Å². The summed E-state index contributed by atoms with van der Waals surface area (Å²) in [6.07, 6.45) is 0. The lowest BCUT2D eigenvalue weighted by Gasteiger charge is -1.99. The number of aromatic nitrogens is 2. The molecule has 0 atom stereocenters. The Balaban J connectivity index is 0.000000143. The summed E-state index contributed by atoms with van der Waals surface area (Å²) >= 11 is 0. The normalized spacial score (nSPS) is 10.2. The van der Waals surface area contributed by atoms with E-state index in [0.29, 0.717) is 5.75 Å². The number of H-pyrrole nitrogens is 1. The molecule has 1 aromatic heterocycles. The van der Waals surface area contributed by atoms with Crippen molar-refractivity contribution in [2.45, 2.75) is 6.92 Å². The largest absolute Gasteiger partial charge is 0.507 e. The van der Waals surface area contributed by atoms with Gasteiger partial charge in [0.1, 0.15) is 5.75 Å². The van der Waals surface area contributed by atoms with E-state index in [4.69, 9.17) is 0 Å². The van der Waals surface area contributed by atoms with E-state index in [2.05, 4.69) is 5.10 Å². The van der Waals surface area contributed by atoms with Crippen LogP contribution in [0.2, 0.25) is 0 Å². The number of aromatic amines is 1. The first-order valence-electron chi connectivity index (χ1n) is 7.66. The van der Waals surface area contributed by atoms with Gasteiger partial charge >= 0.3 is 0 Å². The van der Waals surface area contributed by atoms with Gasteiger partial charge in [-0.15, -0.1) is 0 Å². The summed E-state index contributed by atoms with van der Waals surface area (Å²) in [5.41, 5.74) is 1.71. The number of benzene rings is 3. The fourth-order valence-corrected chi connectivity index (χ4v) is 2.49. The van der Waals surface area contributed by atoms with E-state index < -0.39 is 0 Å². The monoisotopic (exact) mass is 318 g/mol. The van der Waals surface area contributed by atoms with Crippen LogP contribution in [0.15, 0.2) is 83.7 Å². The van der Waals surface area contributed by atoms with Crippen molar-refractivity contribution < 1.29 is 5.11 Å². The molecule has 0 unspecified atom stereocenters. The number of nitrogens with zero attached hydrogens (tertiary/aromatic N) is 1. The van der Waals surface area contributed by atoms with Gasteiger partial charge in [-0.1, -0.05) is 54.6 Å². The number of phenolic OH excluding ortho intramolecular Hbond substituents is 1. The molecule has 4 heteroatoms. The lowest BCUT2D eigenvalue weighted by molar-refractivity contribution is 0.481. The van der Waals surface area contributed by atoms with Crippen molar-refractivity contribution in [3.05, 3.63) is 94.9 Å². The quantitative estimate of drug-likeness (QED) is 0.557. The van der Waals surface area contributed by atoms with Crippen molar-refractivity contribution in [3.8, 4) is 11.4 Å². The molecular formula is C20H18N2O2. The summed E-state index contributed by atoms with van der Waals surface area (Å²) in [6.45, 7) is 1.86. The van der Waals surface area contributed by atoms with Crippen LogP contribution >= 0.6 is 0 Å². The van der Waals surface area contributed by atoms with E-state index in [0.717, 1.165) is 22.2 Å². The van der Waals surface area contributed by atoms with Crippen LogP contribution in [-0.2, 0) is 0 Å². The molecule has 0 fully saturated rings. The molecule has 4 aromatic rings. The Kier molecular flexibility index (Phi) is 4.47. The van der Waals surface area contributed by atoms with E-state index >= 15 is 0 Å². The molecule has 0 bridgehead atoms. The van der Waals surface area contributed by atoms with E-state index in [1.807, 2.05) is 73.7 Å². The average molecular weight is 318 g/mol. The lowest BCUT2D eigenvalue weighted by Crippen LogP contribution is -2.12. The second-order valence-electron chi connectivity index (χ2n) is 5.45. The molecule has 0 saturated carbocycles. The average Bonchev–Trinajstić information content (AvgIpc) is 2.95. The third kappa shape index (κ3) is 3.38. The summed E-state index contributed by atoms with van der Waals surface area (Å²) in [6, 6.07) is 24.4. The number of fused-ring (bicyclic) bond motifs is 1. The Morgan fingerprint density at radius 2 is 1.54 bits per heavy atom. The number of phenols is 1. The van der Waals surface area contributed by atoms with Gasteiger partial charge in [0.2, 0.25) is 0 Å². The Bertz CT molecular complexity index is 996. The van der Waals surface area contributed by atoms with E-state index in [1.165, 1.54) is 4.68 Å². The van der Waals surface area contributed by atoms with Crippen molar-refractivity contribution in [2.24, 2.45) is 0 Å². The maximum Gasteiger partial charge on any atom is 0.271 e. The van der Waals surface area contributed by atoms with Crippen LogP contribution in [0.25, 0.3) is 16.5 Å². The summed E-state index contributed by atoms with van der Waals surface area (Å²) < 4.78 is 1.52. The minimum atomic E-state index is -0.0244. The van der Waals surface area contributed by atoms with Gasteiger partial charge in [0.25, 0.3) is 5.56 Å². The van der Waals surface area contributed by atoms with Crippen LogP contribution in [-0.4, -0.2) is 14.9 Å². The van der Waals surface area contributed by atoms with Crippen LogP contribution in [0.4, 0.5) is 0 Å². The highest BCUT2D eigenvalue weighted by Crippen LogP contribution is 2.22. The fraction of sp³-hybridized carbons (Fsp3) is 0.0500. The fourth-order valence-electron chi connectivity index (χ4n) is 2.49. The maximum atomic E-state index is 11.4. The van der Waals surface area contributed by atoms with Crippen LogP contribution < -0.4 is 5.56 Å². The number of hydrogen-bond donors (Lipinski definition) is 2. The Hall–Kier alpha value is -3.27. The summed E-state index contributed by atoms with van der Waals surface area (Å²) in [5.74, 6) is 0.350. The van der Waals surface area contributed by atoms with Gasteiger partial charge in [0, 0.05) is 17.1 Å². The molecule has 0 aliphatic heterocycles. The van der Waals surface area contributed by atoms with Gasteiger partial charge in [-0.2, -0.15) is 0 Å². The molecule has 4 rings (SSSR count). The van der Waals surface area contributed by atoms with Crippen molar-refractivity contribution in [1.29, 1.82) is 0 Å². The molecule has 3 aromatic carbocycles. The zero-order valence-electron chi connectivity index (χ0n) is 13.3. The standard InChI is InChI=1S/C10H10N2O.C10H8O/c1-8-7-10(13)12(11-8)9-5-3-2-4-6-9;11-10-7-3-5-8-4-1-2-6-9(8)10/h2-7,11H,1H3;1-7,11H. The van der Waals surface area contributed by atoms with Gasteiger partial charge in [-0.05, 0) is 30.5 Å². The third-order valence-corrected chi connectivity index (χ3v) is 3.63. The van der Waals surface area contributed by atoms with E-state index in [1.54, 1.807) is 12.1 Å². The highest BCUT2D eigenvalue weighted by atomic mass is 16.3. The highest BCUT2D eigenvalue weighted by molar-refractivity contribution is 5.87. The molecule has 4 nitrogen and oxygen atoms in total. The first-order valence-corrected chi connectivity index (χ1v) is 7.66. The molecular weight excluding hydrogens is 300 g/mol. The number of aryl methyl sites for hydroxylation is 1. The second-order valence-corrected chi connectivity index (χ2v) is 5.45. The molecule has 24 heavy (non-hydrogen) atoms. The minimum Gasteiger partial charge on any atom is -0.507 e. The van der Waals surface area contributed by atoms with E-state index in [-0.39, 0.29) is 5.56 Å². The van der Waals surface area contributed by atoms with Crippen LogP contribution in [0.1, 0.15) is 5.69 Å². The zero-order chi connectivity index (χ0) is 16.9. The molecule has 0 amide bonds. The highest BCUT2D eigenvalue weighted by Gasteiger charge is 2.00. The Labute approximate surface area is 139 Å². The van der Waals surface area contributed by atoms with Crippen molar-refractivity contribution in [2.75, 3.05) is 0 Å². The first kappa shape index (κ1) is 15.6. The lowest BCUT2D eigenvalue weighted by atomic mass is 10.1. The summed E-state index contributed by atoms with van der Waals surface area (Å²) in [5, 5.41) is 14.3. The number of para-hydroxylation sites is 1. The van der Waals surface area contributed by atoms with Crippen LogP contribution in [0, 0.1) is 6.92 Å². The maximum absolute atomic E-state index is 11.4. The molecule has 2 N–H and O–H groups in total. The molecule has 0 radical (unpaired) electrons. The Morgan fingerprint density at radius 3 is 2.21 bits per heavy atom.